The number of benzene rings is 2. The summed E-state index contributed by atoms with van der Waals surface area (Å²) in [4.78, 5) is 37.7. The van der Waals surface area contributed by atoms with Gasteiger partial charge in [0.05, 0.1) is 32.0 Å². The fraction of sp³-hybridized carbons (Fsp3) is 0.269. The van der Waals surface area contributed by atoms with E-state index in [1.54, 1.807) is 6.20 Å². The molecule has 1 atom stereocenters. The molecule has 6 N–H and O–H groups in total. The van der Waals surface area contributed by atoms with E-state index in [2.05, 4.69) is 10.6 Å². The van der Waals surface area contributed by atoms with Gasteiger partial charge in [0.1, 0.15) is 6.04 Å². The number of aliphatic hydroxyl groups is 1. The lowest BCUT2D eigenvalue weighted by Crippen LogP contribution is -2.43. The number of nitrogens with one attached hydrogen (secondary N) is 2. The normalized spacial score (nSPS) is 14.2. The number of carbonyl (C=O) groups excluding carboxylic acids is 3. The number of para-hydroxylation sites is 1. The van der Waals surface area contributed by atoms with Gasteiger partial charge in [-0.25, -0.2) is 0 Å². The smallest absolute Gasteiger partial charge is 0.259 e. The number of aromatic hydroxyl groups is 1. The standard InChI is InChI=1S/C26H28N4O7/c1-36-20-11-14(10-19(32)23(20)37-2)21-22(26(35)29-25(21)34)16-12-30(18-7-4-3-6-15(16)18)9-5-8-28-24(33)17(27)13-31/h3-4,6-7,10-12,17,31-32H,5,8-9,13,27H2,1-2H3,(H,28,33)(H,29,34,35). The lowest BCUT2D eigenvalue weighted by Gasteiger charge is -2.12. The van der Waals surface area contributed by atoms with Crippen molar-refractivity contribution in [1.29, 1.82) is 0 Å². The Morgan fingerprint density at radius 2 is 1.86 bits per heavy atom. The third-order valence-corrected chi connectivity index (χ3v) is 6.15. The van der Waals surface area contributed by atoms with Crippen molar-refractivity contribution in [1.82, 2.24) is 15.2 Å². The first-order chi connectivity index (χ1) is 17.8. The lowest BCUT2D eigenvalue weighted by atomic mass is 9.95. The number of nitrogens with zero attached hydrogens (tertiary/aromatic N) is 1. The second kappa shape index (κ2) is 10.7. The van der Waals surface area contributed by atoms with Crippen LogP contribution < -0.4 is 25.8 Å². The van der Waals surface area contributed by atoms with Crippen molar-refractivity contribution in [2.75, 3.05) is 27.4 Å². The summed E-state index contributed by atoms with van der Waals surface area (Å²) in [7, 11) is 2.79. The van der Waals surface area contributed by atoms with Crippen molar-refractivity contribution in [3.05, 3.63) is 53.7 Å². The number of phenolic OH excluding ortho intramolecular Hbond substituents is 1. The summed E-state index contributed by atoms with van der Waals surface area (Å²) >= 11 is 0. The Kier molecular flexibility index (Phi) is 7.46. The average molecular weight is 509 g/mol. The number of nitrogens with two attached hydrogens (primary N) is 1. The minimum atomic E-state index is -0.973. The number of methoxy groups -OCH3 is 2. The molecular formula is C26H28N4O7. The molecule has 194 valence electrons. The van der Waals surface area contributed by atoms with Crippen LogP contribution in [-0.4, -0.2) is 65.9 Å². The van der Waals surface area contributed by atoms with Crippen molar-refractivity contribution in [2.45, 2.75) is 19.0 Å². The highest BCUT2D eigenvalue weighted by atomic mass is 16.5. The Labute approximate surface area is 212 Å². The molecule has 0 radical (unpaired) electrons. The second-order valence-corrected chi connectivity index (χ2v) is 8.45. The average Bonchev–Trinajstić information content (AvgIpc) is 3.40. The van der Waals surface area contributed by atoms with E-state index in [-0.39, 0.29) is 28.4 Å². The first-order valence-electron chi connectivity index (χ1n) is 11.6. The topological polar surface area (TPSA) is 165 Å². The van der Waals surface area contributed by atoms with E-state index in [4.69, 9.17) is 20.3 Å². The number of aliphatic hydroxyl groups excluding tert-OH is 1. The number of hydrogen-bond acceptors (Lipinski definition) is 8. The minimum absolute atomic E-state index is 0.106. The first-order valence-corrected chi connectivity index (χ1v) is 11.6. The summed E-state index contributed by atoms with van der Waals surface area (Å²) in [5.74, 6) is -1.49. The van der Waals surface area contributed by atoms with Crippen LogP contribution in [0.15, 0.2) is 42.6 Å². The SMILES string of the molecule is COc1cc(C2=C(c3cn(CCCNC(=O)C(N)CO)c4ccccc34)C(=O)NC2=O)cc(O)c1OC. The van der Waals surface area contributed by atoms with Gasteiger partial charge in [-0.15, -0.1) is 0 Å². The molecule has 3 aromatic rings. The molecule has 1 aliphatic heterocycles. The summed E-state index contributed by atoms with van der Waals surface area (Å²) in [5, 5.41) is 25.3. The van der Waals surface area contributed by atoms with Crippen LogP contribution in [0.1, 0.15) is 17.5 Å². The molecule has 0 bridgehead atoms. The number of phenols is 1. The number of aryl methyl sites for hydroxylation is 1. The number of fused-ring (bicyclic) bond motifs is 1. The quantitative estimate of drug-likeness (QED) is 0.198. The molecule has 0 spiro atoms. The molecule has 11 nitrogen and oxygen atoms in total. The first kappa shape index (κ1) is 25.7. The zero-order valence-electron chi connectivity index (χ0n) is 20.4. The predicted octanol–water partition coefficient (Wildman–Crippen LogP) is 0.757. The van der Waals surface area contributed by atoms with Crippen molar-refractivity contribution in [3.63, 3.8) is 0 Å². The summed E-state index contributed by atoms with van der Waals surface area (Å²) in [5.41, 5.74) is 7.49. The molecule has 1 unspecified atom stereocenters. The predicted molar refractivity (Wildman–Crippen MR) is 136 cm³/mol. The number of ether oxygens (including phenoxy) is 2. The van der Waals surface area contributed by atoms with Gasteiger partial charge in [0.25, 0.3) is 11.8 Å². The Bertz CT molecular complexity index is 1410. The summed E-state index contributed by atoms with van der Waals surface area (Å²) in [6, 6.07) is 9.37. The molecule has 3 amide bonds. The zero-order valence-corrected chi connectivity index (χ0v) is 20.4. The maximum absolute atomic E-state index is 13.0. The maximum atomic E-state index is 13.0. The monoisotopic (exact) mass is 508 g/mol. The third-order valence-electron chi connectivity index (χ3n) is 6.15. The van der Waals surface area contributed by atoms with Gasteiger partial charge in [-0.3, -0.25) is 19.7 Å². The lowest BCUT2D eigenvalue weighted by molar-refractivity contribution is -0.124. The fourth-order valence-corrected chi connectivity index (χ4v) is 4.38. The van der Waals surface area contributed by atoms with E-state index in [0.717, 1.165) is 10.9 Å². The minimum Gasteiger partial charge on any atom is -0.504 e. The van der Waals surface area contributed by atoms with Crippen LogP contribution in [0.4, 0.5) is 0 Å². The molecule has 2 aromatic carbocycles. The van der Waals surface area contributed by atoms with Gasteiger partial charge in [-0.1, -0.05) is 18.2 Å². The molecule has 0 fully saturated rings. The number of hydrogen-bond donors (Lipinski definition) is 5. The van der Waals surface area contributed by atoms with Gasteiger partial charge in [0.15, 0.2) is 11.5 Å². The van der Waals surface area contributed by atoms with E-state index in [9.17, 15) is 19.5 Å². The molecule has 1 aliphatic rings. The van der Waals surface area contributed by atoms with Gasteiger partial charge < -0.3 is 35.3 Å². The molecule has 11 heteroatoms. The van der Waals surface area contributed by atoms with Crippen molar-refractivity contribution in [3.8, 4) is 17.2 Å². The molecule has 1 aromatic heterocycles. The largest absolute Gasteiger partial charge is 0.504 e. The van der Waals surface area contributed by atoms with Gasteiger partial charge in [-0.05, 0) is 30.2 Å². The highest BCUT2D eigenvalue weighted by molar-refractivity contribution is 6.50. The van der Waals surface area contributed by atoms with Crippen LogP contribution in [0.5, 0.6) is 17.2 Å². The highest BCUT2D eigenvalue weighted by Crippen LogP contribution is 2.42. The van der Waals surface area contributed by atoms with Gasteiger partial charge in [-0.2, -0.15) is 0 Å². The summed E-state index contributed by atoms with van der Waals surface area (Å²) in [6.45, 7) is 0.407. The summed E-state index contributed by atoms with van der Waals surface area (Å²) in [6.07, 6.45) is 2.35. The zero-order chi connectivity index (χ0) is 26.7. The molecule has 4 rings (SSSR count). The van der Waals surface area contributed by atoms with Gasteiger partial charge in [0, 0.05) is 35.8 Å². The van der Waals surface area contributed by atoms with Crippen LogP contribution in [0.3, 0.4) is 0 Å². The number of rotatable bonds is 10. The summed E-state index contributed by atoms with van der Waals surface area (Å²) < 4.78 is 12.4. The molecule has 0 saturated carbocycles. The van der Waals surface area contributed by atoms with Crippen LogP contribution in [-0.2, 0) is 20.9 Å². The Morgan fingerprint density at radius 3 is 2.57 bits per heavy atom. The van der Waals surface area contributed by atoms with Crippen LogP contribution in [0.2, 0.25) is 0 Å². The van der Waals surface area contributed by atoms with E-state index in [1.807, 2.05) is 28.8 Å². The van der Waals surface area contributed by atoms with Gasteiger partial charge in [0.2, 0.25) is 11.7 Å². The third kappa shape index (κ3) is 4.86. The number of amides is 3. The fourth-order valence-electron chi connectivity index (χ4n) is 4.38. The van der Waals surface area contributed by atoms with Crippen LogP contribution >= 0.6 is 0 Å². The Morgan fingerprint density at radius 1 is 1.14 bits per heavy atom. The van der Waals surface area contributed by atoms with Crippen molar-refractivity contribution in [2.24, 2.45) is 5.73 Å². The van der Waals surface area contributed by atoms with Gasteiger partial charge >= 0.3 is 0 Å². The number of imide groups is 1. The van der Waals surface area contributed by atoms with Crippen LogP contribution in [0, 0.1) is 0 Å². The Hall–Kier alpha value is -4.35. The Balaban J connectivity index is 1.75. The molecule has 37 heavy (non-hydrogen) atoms. The second-order valence-electron chi connectivity index (χ2n) is 8.45. The van der Waals surface area contributed by atoms with E-state index in [1.165, 1.54) is 26.4 Å². The van der Waals surface area contributed by atoms with E-state index < -0.39 is 30.4 Å². The van der Waals surface area contributed by atoms with Crippen LogP contribution in [0.25, 0.3) is 22.0 Å². The van der Waals surface area contributed by atoms with E-state index in [0.29, 0.717) is 30.6 Å². The molecular weight excluding hydrogens is 480 g/mol. The maximum Gasteiger partial charge on any atom is 0.259 e. The molecule has 2 heterocycles. The highest BCUT2D eigenvalue weighted by Gasteiger charge is 2.34. The molecule has 0 saturated heterocycles. The van der Waals surface area contributed by atoms with E-state index >= 15 is 0 Å². The van der Waals surface area contributed by atoms with Crippen molar-refractivity contribution >= 4 is 39.8 Å². The van der Waals surface area contributed by atoms with Crippen molar-refractivity contribution < 1.29 is 34.1 Å². The number of carbonyl (C=O) groups is 3. The molecule has 0 aliphatic carbocycles. The number of aromatic nitrogens is 1.